The summed E-state index contributed by atoms with van der Waals surface area (Å²) in [5, 5.41) is 6.82. The molecule has 1 amide bonds. The van der Waals surface area contributed by atoms with E-state index in [2.05, 4.69) is 26.6 Å². The highest BCUT2D eigenvalue weighted by atomic mass is 79.9. The van der Waals surface area contributed by atoms with Crippen LogP contribution in [0.25, 0.3) is 0 Å². The van der Waals surface area contributed by atoms with Crippen molar-refractivity contribution < 1.29 is 4.79 Å². The number of carbonyl (C=O) groups is 1. The van der Waals surface area contributed by atoms with E-state index in [4.69, 9.17) is 11.6 Å². The molecule has 1 aromatic carbocycles. The molecule has 0 saturated heterocycles. The first-order valence-electron chi connectivity index (χ1n) is 6.04. The summed E-state index contributed by atoms with van der Waals surface area (Å²) in [6, 6.07) is 6.23. The number of nitrogens with one attached hydrogen (secondary N) is 2. The molecule has 0 radical (unpaired) electrons. The minimum atomic E-state index is 0.0514. The normalized spacial score (nSPS) is 16.4. The highest BCUT2D eigenvalue weighted by Gasteiger charge is 2.23. The monoisotopic (exact) mass is 330 g/mol. The highest BCUT2D eigenvalue weighted by molar-refractivity contribution is 9.10. The van der Waals surface area contributed by atoms with Gasteiger partial charge in [0.15, 0.2) is 0 Å². The quantitative estimate of drug-likeness (QED) is 0.871. The minimum Gasteiger partial charge on any atom is -0.352 e. The van der Waals surface area contributed by atoms with Gasteiger partial charge in [-0.2, -0.15) is 0 Å². The number of amides is 1. The number of hydrogen-bond acceptors (Lipinski definition) is 2. The number of benzene rings is 1. The van der Waals surface area contributed by atoms with Gasteiger partial charge in [0.25, 0.3) is 0 Å². The molecule has 1 aromatic rings. The molecule has 1 aliphatic rings. The number of halogens is 2. The highest BCUT2D eigenvalue weighted by Crippen LogP contribution is 2.26. The molecule has 1 aliphatic carbocycles. The summed E-state index contributed by atoms with van der Waals surface area (Å²) >= 11 is 9.54. The molecule has 3 nitrogen and oxygen atoms in total. The third kappa shape index (κ3) is 3.97. The maximum atomic E-state index is 11.6. The molecule has 1 fully saturated rings. The van der Waals surface area contributed by atoms with Crippen LogP contribution in [0.3, 0.4) is 0 Å². The van der Waals surface area contributed by atoms with Crippen molar-refractivity contribution in [3.05, 3.63) is 33.3 Å². The molecule has 18 heavy (non-hydrogen) atoms. The molecule has 0 spiro atoms. The Bertz CT molecular complexity index is 449. The fraction of sp³-hybridized carbons (Fsp3) is 0.462. The Hall–Kier alpha value is -0.580. The summed E-state index contributed by atoms with van der Waals surface area (Å²) in [6.45, 7) is 2.32. The number of rotatable bonds is 5. The van der Waals surface area contributed by atoms with E-state index in [0.717, 1.165) is 22.9 Å². The Balaban J connectivity index is 1.86. The van der Waals surface area contributed by atoms with Gasteiger partial charge in [-0.3, -0.25) is 4.79 Å². The SMILES string of the molecule is CC(NCC(=O)NC1CC1)c1ccc(Br)cc1Cl. The summed E-state index contributed by atoms with van der Waals surface area (Å²) in [5.74, 6) is 0.0533. The van der Waals surface area contributed by atoms with Crippen LogP contribution in [-0.2, 0) is 4.79 Å². The van der Waals surface area contributed by atoms with Crippen molar-refractivity contribution >= 4 is 33.4 Å². The summed E-state index contributed by atoms with van der Waals surface area (Å²) in [6.07, 6.45) is 2.22. The smallest absolute Gasteiger partial charge is 0.234 e. The Morgan fingerprint density at radius 2 is 2.28 bits per heavy atom. The number of carbonyl (C=O) groups excluding carboxylic acids is 1. The molecular formula is C13H16BrClN2O. The van der Waals surface area contributed by atoms with Gasteiger partial charge in [-0.1, -0.05) is 33.6 Å². The summed E-state index contributed by atoms with van der Waals surface area (Å²) < 4.78 is 0.954. The van der Waals surface area contributed by atoms with Crippen molar-refractivity contribution in [1.29, 1.82) is 0 Å². The first-order valence-corrected chi connectivity index (χ1v) is 7.21. The lowest BCUT2D eigenvalue weighted by Crippen LogP contribution is -2.36. The van der Waals surface area contributed by atoms with Gasteiger partial charge >= 0.3 is 0 Å². The summed E-state index contributed by atoms with van der Waals surface area (Å²) in [4.78, 5) is 11.6. The van der Waals surface area contributed by atoms with Crippen LogP contribution in [0.1, 0.15) is 31.4 Å². The van der Waals surface area contributed by atoms with E-state index in [-0.39, 0.29) is 11.9 Å². The van der Waals surface area contributed by atoms with Crippen molar-refractivity contribution in [3.63, 3.8) is 0 Å². The zero-order valence-corrected chi connectivity index (χ0v) is 12.5. The average molecular weight is 332 g/mol. The fourth-order valence-corrected chi connectivity index (χ4v) is 2.55. The number of hydrogen-bond donors (Lipinski definition) is 2. The predicted octanol–water partition coefficient (Wildman–Crippen LogP) is 3.03. The molecule has 0 heterocycles. The Labute approximate surface area is 120 Å². The largest absolute Gasteiger partial charge is 0.352 e. The summed E-state index contributed by atoms with van der Waals surface area (Å²) in [7, 11) is 0. The van der Waals surface area contributed by atoms with Gasteiger partial charge in [0.05, 0.1) is 6.54 Å². The van der Waals surface area contributed by atoms with Gasteiger partial charge < -0.3 is 10.6 Å². The van der Waals surface area contributed by atoms with Crippen LogP contribution in [0, 0.1) is 0 Å². The molecule has 0 aromatic heterocycles. The Kier molecular flexibility index (Phi) is 4.65. The van der Waals surface area contributed by atoms with Crippen molar-refractivity contribution in [2.24, 2.45) is 0 Å². The third-order valence-corrected chi connectivity index (χ3v) is 3.76. The van der Waals surface area contributed by atoms with Crippen molar-refractivity contribution in [2.45, 2.75) is 31.8 Å². The maximum absolute atomic E-state index is 11.6. The molecule has 1 atom stereocenters. The van der Waals surface area contributed by atoms with Crippen LogP contribution < -0.4 is 10.6 Å². The standard InChI is InChI=1S/C13H16BrClN2O/c1-8(11-5-2-9(14)6-12(11)15)16-7-13(18)17-10-3-4-10/h2,5-6,8,10,16H,3-4,7H2,1H3,(H,17,18). The second-order valence-electron chi connectivity index (χ2n) is 4.61. The molecule has 0 aliphatic heterocycles. The van der Waals surface area contributed by atoms with Gasteiger partial charge in [0.1, 0.15) is 0 Å². The molecule has 2 rings (SSSR count). The predicted molar refractivity (Wildman–Crippen MR) is 76.7 cm³/mol. The van der Waals surface area contributed by atoms with E-state index in [1.807, 2.05) is 25.1 Å². The maximum Gasteiger partial charge on any atom is 0.234 e. The van der Waals surface area contributed by atoms with Crippen molar-refractivity contribution in [1.82, 2.24) is 10.6 Å². The lowest BCUT2D eigenvalue weighted by Gasteiger charge is -2.15. The second kappa shape index (κ2) is 6.04. The van der Waals surface area contributed by atoms with Crippen LogP contribution in [0.4, 0.5) is 0 Å². The van der Waals surface area contributed by atoms with Crippen LogP contribution in [0.15, 0.2) is 22.7 Å². The van der Waals surface area contributed by atoms with E-state index in [0.29, 0.717) is 17.6 Å². The average Bonchev–Trinajstić information content (AvgIpc) is 3.10. The Morgan fingerprint density at radius 1 is 1.56 bits per heavy atom. The van der Waals surface area contributed by atoms with Gasteiger partial charge in [-0.15, -0.1) is 0 Å². The first-order chi connectivity index (χ1) is 8.56. The van der Waals surface area contributed by atoms with E-state index in [9.17, 15) is 4.79 Å². The van der Waals surface area contributed by atoms with Gasteiger partial charge in [0, 0.05) is 21.6 Å². The van der Waals surface area contributed by atoms with E-state index in [1.165, 1.54) is 0 Å². The molecule has 1 unspecified atom stereocenters. The lowest BCUT2D eigenvalue weighted by atomic mass is 10.1. The zero-order valence-electron chi connectivity index (χ0n) is 10.2. The van der Waals surface area contributed by atoms with Crippen LogP contribution in [0.2, 0.25) is 5.02 Å². The fourth-order valence-electron chi connectivity index (χ4n) is 1.71. The molecule has 5 heteroatoms. The summed E-state index contributed by atoms with van der Waals surface area (Å²) in [5.41, 5.74) is 0.999. The van der Waals surface area contributed by atoms with Gasteiger partial charge in [-0.25, -0.2) is 0 Å². The Morgan fingerprint density at radius 3 is 2.89 bits per heavy atom. The topological polar surface area (TPSA) is 41.1 Å². The molecule has 98 valence electrons. The van der Waals surface area contributed by atoms with Crippen LogP contribution in [0.5, 0.6) is 0 Å². The van der Waals surface area contributed by atoms with Crippen LogP contribution in [-0.4, -0.2) is 18.5 Å². The van der Waals surface area contributed by atoms with Gasteiger partial charge in [-0.05, 0) is 37.5 Å². The zero-order chi connectivity index (χ0) is 13.1. The molecular weight excluding hydrogens is 316 g/mol. The lowest BCUT2D eigenvalue weighted by molar-refractivity contribution is -0.120. The van der Waals surface area contributed by atoms with Crippen LogP contribution >= 0.6 is 27.5 Å². The van der Waals surface area contributed by atoms with E-state index >= 15 is 0 Å². The third-order valence-electron chi connectivity index (χ3n) is 2.94. The first kappa shape index (κ1) is 13.8. The molecule has 1 saturated carbocycles. The molecule has 2 N–H and O–H groups in total. The van der Waals surface area contributed by atoms with Crippen molar-refractivity contribution in [3.8, 4) is 0 Å². The van der Waals surface area contributed by atoms with Crippen molar-refractivity contribution in [2.75, 3.05) is 6.54 Å². The minimum absolute atomic E-state index is 0.0514. The van der Waals surface area contributed by atoms with E-state index in [1.54, 1.807) is 0 Å². The van der Waals surface area contributed by atoms with E-state index < -0.39 is 0 Å². The second-order valence-corrected chi connectivity index (χ2v) is 5.93. The van der Waals surface area contributed by atoms with Gasteiger partial charge in [0.2, 0.25) is 5.91 Å². The molecule has 0 bridgehead atoms.